The molecule has 1 aromatic heterocycles. The SMILES string of the molecule is CC(C)(C)OC(=O)N1CCCONCc2cc(N3CCNCC3)cc(n2)CNCC1. The molecule has 1 amide bonds. The van der Waals surface area contributed by atoms with Gasteiger partial charge in [-0.05, 0) is 39.3 Å². The van der Waals surface area contributed by atoms with Crippen molar-refractivity contribution >= 4 is 11.8 Å². The highest BCUT2D eigenvalue weighted by Gasteiger charge is 2.22. The van der Waals surface area contributed by atoms with Crippen molar-refractivity contribution < 1.29 is 14.4 Å². The fourth-order valence-electron chi connectivity index (χ4n) is 3.49. The first-order chi connectivity index (χ1) is 14.4. The molecule has 2 aliphatic heterocycles. The van der Waals surface area contributed by atoms with Crippen LogP contribution in [0.1, 0.15) is 38.6 Å². The van der Waals surface area contributed by atoms with Crippen molar-refractivity contribution in [3.05, 3.63) is 23.5 Å². The molecular weight excluding hydrogens is 384 g/mol. The zero-order chi connectivity index (χ0) is 21.4. The fourth-order valence-corrected chi connectivity index (χ4v) is 3.49. The number of carbonyl (C=O) groups is 1. The van der Waals surface area contributed by atoms with Gasteiger partial charge in [-0.25, -0.2) is 4.79 Å². The summed E-state index contributed by atoms with van der Waals surface area (Å²) < 4.78 is 5.54. The summed E-state index contributed by atoms with van der Waals surface area (Å²) in [6.45, 7) is 13.2. The average molecular weight is 421 g/mol. The van der Waals surface area contributed by atoms with Gasteiger partial charge < -0.3 is 30.0 Å². The van der Waals surface area contributed by atoms with Crippen molar-refractivity contribution in [3.8, 4) is 0 Å². The number of rotatable bonds is 1. The molecule has 9 nitrogen and oxygen atoms in total. The lowest BCUT2D eigenvalue weighted by Crippen LogP contribution is -2.43. The standard InChI is InChI=1S/C21H36N6O3/c1-21(2,3)30-20(28)27-8-4-12-29-24-16-18-14-19(26-9-5-22-6-10-26)13-17(25-18)15-23-7-11-27/h13-14,22-24H,4-12,15-16H2,1-3H3. The van der Waals surface area contributed by atoms with Gasteiger partial charge in [0.1, 0.15) is 5.60 Å². The van der Waals surface area contributed by atoms with Crippen LogP contribution in [0.5, 0.6) is 0 Å². The summed E-state index contributed by atoms with van der Waals surface area (Å²) in [7, 11) is 0. The van der Waals surface area contributed by atoms with Gasteiger partial charge in [-0.2, -0.15) is 5.48 Å². The Morgan fingerprint density at radius 3 is 2.47 bits per heavy atom. The van der Waals surface area contributed by atoms with Crippen molar-refractivity contribution in [2.75, 3.05) is 57.3 Å². The van der Waals surface area contributed by atoms with Crippen molar-refractivity contribution in [3.63, 3.8) is 0 Å². The summed E-state index contributed by atoms with van der Waals surface area (Å²) in [5.41, 5.74) is 5.66. The van der Waals surface area contributed by atoms with E-state index in [0.29, 0.717) is 39.3 Å². The number of hydroxylamine groups is 1. The van der Waals surface area contributed by atoms with Crippen molar-refractivity contribution in [2.45, 2.75) is 45.9 Å². The Morgan fingerprint density at radius 1 is 1.03 bits per heavy atom. The van der Waals surface area contributed by atoms with E-state index in [4.69, 9.17) is 14.6 Å². The van der Waals surface area contributed by atoms with E-state index in [2.05, 4.69) is 33.1 Å². The number of nitrogens with one attached hydrogen (secondary N) is 3. The van der Waals surface area contributed by atoms with Gasteiger partial charge in [0.15, 0.2) is 0 Å². The Hall–Kier alpha value is -1.94. The summed E-state index contributed by atoms with van der Waals surface area (Å²) in [4.78, 5) is 27.0. The number of fused-ring (bicyclic) bond motifs is 2. The van der Waals surface area contributed by atoms with Crippen LogP contribution in [0.2, 0.25) is 0 Å². The fraction of sp³-hybridized carbons (Fsp3) is 0.714. The first-order valence-corrected chi connectivity index (χ1v) is 10.9. The van der Waals surface area contributed by atoms with Crippen molar-refractivity contribution in [1.82, 2.24) is 26.0 Å². The van der Waals surface area contributed by atoms with Crippen LogP contribution in [0.4, 0.5) is 10.5 Å². The molecule has 9 heteroatoms. The minimum absolute atomic E-state index is 0.287. The van der Waals surface area contributed by atoms with Gasteiger partial charge in [0, 0.05) is 58.0 Å². The lowest BCUT2D eigenvalue weighted by Gasteiger charge is -2.30. The maximum Gasteiger partial charge on any atom is 0.410 e. The van der Waals surface area contributed by atoms with Crippen LogP contribution in [-0.4, -0.2) is 74.0 Å². The largest absolute Gasteiger partial charge is 0.444 e. The van der Waals surface area contributed by atoms with Gasteiger partial charge >= 0.3 is 6.09 Å². The zero-order valence-electron chi connectivity index (χ0n) is 18.5. The lowest BCUT2D eigenvalue weighted by atomic mass is 10.2. The van der Waals surface area contributed by atoms with Gasteiger partial charge in [0.2, 0.25) is 0 Å². The highest BCUT2D eigenvalue weighted by molar-refractivity contribution is 5.68. The summed E-state index contributed by atoms with van der Waals surface area (Å²) in [6, 6.07) is 4.29. The number of nitrogens with zero attached hydrogens (tertiary/aromatic N) is 3. The second-order valence-electron chi connectivity index (χ2n) is 8.71. The molecule has 0 atom stereocenters. The third-order valence-corrected chi connectivity index (χ3v) is 4.94. The van der Waals surface area contributed by atoms with E-state index in [1.54, 1.807) is 4.90 Å². The minimum Gasteiger partial charge on any atom is -0.444 e. The Bertz CT molecular complexity index is 688. The van der Waals surface area contributed by atoms with Gasteiger partial charge in [-0.15, -0.1) is 0 Å². The number of carbonyl (C=O) groups excluding carboxylic acids is 1. The summed E-state index contributed by atoms with van der Waals surface area (Å²) >= 11 is 0. The summed E-state index contributed by atoms with van der Waals surface area (Å²) in [5, 5.41) is 6.82. The highest BCUT2D eigenvalue weighted by Crippen LogP contribution is 2.18. The molecule has 2 bridgehead atoms. The normalized spacial score (nSPS) is 19.8. The van der Waals surface area contributed by atoms with E-state index in [9.17, 15) is 4.79 Å². The van der Waals surface area contributed by atoms with E-state index in [1.807, 2.05) is 20.8 Å². The molecule has 0 unspecified atom stereocenters. The predicted octanol–water partition coefficient (Wildman–Crippen LogP) is 1.24. The smallest absolute Gasteiger partial charge is 0.410 e. The molecule has 1 aromatic rings. The first kappa shape index (κ1) is 22.7. The molecule has 0 aromatic carbocycles. The van der Waals surface area contributed by atoms with Crippen LogP contribution in [0.25, 0.3) is 0 Å². The monoisotopic (exact) mass is 420 g/mol. The Kier molecular flexibility index (Phi) is 8.26. The molecule has 0 radical (unpaired) electrons. The van der Waals surface area contributed by atoms with Crippen LogP contribution < -0.4 is 21.0 Å². The maximum absolute atomic E-state index is 12.5. The first-order valence-electron chi connectivity index (χ1n) is 10.9. The molecule has 2 aliphatic rings. The summed E-state index contributed by atoms with van der Waals surface area (Å²) in [6.07, 6.45) is 0.441. The van der Waals surface area contributed by atoms with Crippen LogP contribution in [0.15, 0.2) is 12.1 Å². The van der Waals surface area contributed by atoms with Crippen molar-refractivity contribution in [2.24, 2.45) is 0 Å². The molecule has 168 valence electrons. The van der Waals surface area contributed by atoms with E-state index in [-0.39, 0.29) is 6.09 Å². The molecule has 0 saturated carbocycles. The molecule has 30 heavy (non-hydrogen) atoms. The number of hydrogen-bond donors (Lipinski definition) is 3. The van der Waals surface area contributed by atoms with Crippen molar-refractivity contribution in [1.29, 1.82) is 0 Å². The number of anilines is 1. The third-order valence-electron chi connectivity index (χ3n) is 4.94. The number of piperazine rings is 1. The molecule has 3 rings (SSSR count). The topological polar surface area (TPSA) is 91.0 Å². The van der Waals surface area contributed by atoms with Gasteiger partial charge in [0.25, 0.3) is 0 Å². The number of aromatic nitrogens is 1. The van der Waals surface area contributed by atoms with Gasteiger partial charge in [-0.3, -0.25) is 4.98 Å². The van der Waals surface area contributed by atoms with Crippen LogP contribution in [-0.2, 0) is 22.7 Å². The predicted molar refractivity (Wildman–Crippen MR) is 116 cm³/mol. The zero-order valence-corrected chi connectivity index (χ0v) is 18.5. The quantitative estimate of drug-likeness (QED) is 0.625. The van der Waals surface area contributed by atoms with Gasteiger partial charge in [-0.1, -0.05) is 0 Å². The van der Waals surface area contributed by atoms with Crippen LogP contribution >= 0.6 is 0 Å². The minimum atomic E-state index is -0.508. The number of hydrogen-bond acceptors (Lipinski definition) is 8. The van der Waals surface area contributed by atoms with Crippen LogP contribution in [0, 0.1) is 0 Å². The molecule has 3 N–H and O–H groups in total. The molecule has 0 aliphatic carbocycles. The average Bonchev–Trinajstić information content (AvgIpc) is 2.70. The molecule has 1 saturated heterocycles. The Labute approximate surface area is 179 Å². The molecular formula is C21H36N6O3. The number of ether oxygens (including phenoxy) is 1. The molecule has 3 heterocycles. The van der Waals surface area contributed by atoms with E-state index >= 15 is 0 Å². The van der Waals surface area contributed by atoms with Crippen LogP contribution in [0.3, 0.4) is 0 Å². The maximum atomic E-state index is 12.5. The number of pyridine rings is 1. The second-order valence-corrected chi connectivity index (χ2v) is 8.71. The summed E-state index contributed by atoms with van der Waals surface area (Å²) in [5.74, 6) is 0. The molecule has 1 fully saturated rings. The highest BCUT2D eigenvalue weighted by atomic mass is 16.6. The Morgan fingerprint density at radius 2 is 1.73 bits per heavy atom. The van der Waals surface area contributed by atoms with Gasteiger partial charge in [0.05, 0.1) is 24.5 Å². The Balaban J connectivity index is 1.66. The molecule has 0 spiro atoms. The van der Waals surface area contributed by atoms with E-state index in [1.165, 1.54) is 5.69 Å². The third kappa shape index (κ3) is 7.39. The number of amides is 1. The van der Waals surface area contributed by atoms with E-state index < -0.39 is 5.60 Å². The van der Waals surface area contributed by atoms with E-state index in [0.717, 1.165) is 44.0 Å². The lowest BCUT2D eigenvalue weighted by molar-refractivity contribution is 0.0140. The second kappa shape index (κ2) is 10.9.